The normalized spacial score (nSPS) is 9.67. The molecule has 18 heavy (non-hydrogen) atoms. The number of rotatable bonds is 5. The van der Waals surface area contributed by atoms with Gasteiger partial charge in [-0.2, -0.15) is 5.10 Å². The second-order valence-corrected chi connectivity index (χ2v) is 4.15. The number of hydrogen-bond acceptors (Lipinski definition) is 5. The van der Waals surface area contributed by atoms with Gasteiger partial charge < -0.3 is 21.3 Å². The van der Waals surface area contributed by atoms with Crippen molar-refractivity contribution < 1.29 is 4.79 Å². The Bertz CT molecular complexity index is 436. The minimum atomic E-state index is -0.148. The van der Waals surface area contributed by atoms with Crippen molar-refractivity contribution in [1.82, 2.24) is 20.4 Å². The number of hydrogen-bond donors (Lipinski definition) is 3. The summed E-state index contributed by atoms with van der Waals surface area (Å²) in [6, 6.07) is 1.54. The van der Waals surface area contributed by atoms with Gasteiger partial charge in [0, 0.05) is 27.2 Å². The van der Waals surface area contributed by atoms with Gasteiger partial charge in [-0.1, -0.05) is 12.2 Å². The van der Waals surface area contributed by atoms with Crippen molar-refractivity contribution in [2.75, 3.05) is 32.5 Å². The summed E-state index contributed by atoms with van der Waals surface area (Å²) >= 11 is 4.90. The second kappa shape index (κ2) is 6.70. The molecule has 7 nitrogen and oxygen atoms in total. The highest BCUT2D eigenvalue weighted by Crippen LogP contribution is 2.08. The average Bonchev–Trinajstić information content (AvgIpc) is 2.34. The van der Waals surface area contributed by atoms with Crippen LogP contribution in [0, 0.1) is 0 Å². The molecule has 1 rings (SSSR count). The molecule has 0 unspecified atom stereocenters. The third-order valence-electron chi connectivity index (χ3n) is 2.09. The fourth-order valence-corrected chi connectivity index (χ4v) is 1.33. The Hall–Kier alpha value is -1.96. The minimum Gasteiger partial charge on any atom is -0.389 e. The summed E-state index contributed by atoms with van der Waals surface area (Å²) in [5.41, 5.74) is 6.19. The van der Waals surface area contributed by atoms with Crippen LogP contribution >= 0.6 is 12.2 Å². The number of anilines is 1. The first-order chi connectivity index (χ1) is 8.52. The molecule has 0 aromatic carbocycles. The van der Waals surface area contributed by atoms with E-state index in [2.05, 4.69) is 20.8 Å². The van der Waals surface area contributed by atoms with Crippen LogP contribution in [-0.4, -0.2) is 53.3 Å². The zero-order valence-electron chi connectivity index (χ0n) is 10.3. The number of nitrogens with two attached hydrogens (primary N) is 1. The number of nitrogens with zero attached hydrogens (tertiary/aromatic N) is 3. The standard InChI is InChI=1S/C10H16N6OS/c1-16(2)10(17)13-6-5-12-9-7(8(11)18)3-4-14-15-9/h3-4H,5-6H2,1-2H3,(H2,11,18)(H,12,15)(H,13,17). The molecule has 0 spiro atoms. The summed E-state index contributed by atoms with van der Waals surface area (Å²) in [5, 5.41) is 13.4. The quantitative estimate of drug-likeness (QED) is 0.505. The van der Waals surface area contributed by atoms with E-state index in [1.165, 1.54) is 11.1 Å². The van der Waals surface area contributed by atoms with Crippen molar-refractivity contribution in [1.29, 1.82) is 0 Å². The molecular formula is C10H16N6OS. The Morgan fingerprint density at radius 3 is 2.83 bits per heavy atom. The maximum Gasteiger partial charge on any atom is 0.316 e. The molecule has 0 aliphatic heterocycles. The van der Waals surface area contributed by atoms with Gasteiger partial charge in [-0.15, -0.1) is 5.10 Å². The van der Waals surface area contributed by atoms with Gasteiger partial charge in [0.05, 0.1) is 11.8 Å². The maximum absolute atomic E-state index is 11.2. The number of amides is 2. The average molecular weight is 268 g/mol. The summed E-state index contributed by atoms with van der Waals surface area (Å²) in [4.78, 5) is 13.0. The van der Waals surface area contributed by atoms with E-state index in [1.54, 1.807) is 20.2 Å². The predicted octanol–water partition coefficient (Wildman–Crippen LogP) is -0.206. The highest BCUT2D eigenvalue weighted by Gasteiger charge is 2.06. The Morgan fingerprint density at radius 1 is 1.50 bits per heavy atom. The Balaban J connectivity index is 2.45. The lowest BCUT2D eigenvalue weighted by Gasteiger charge is -2.13. The molecule has 1 aromatic heterocycles. The van der Waals surface area contributed by atoms with Crippen molar-refractivity contribution in [2.24, 2.45) is 5.73 Å². The van der Waals surface area contributed by atoms with Crippen molar-refractivity contribution in [3.8, 4) is 0 Å². The van der Waals surface area contributed by atoms with Crippen LogP contribution in [0.15, 0.2) is 12.3 Å². The lowest BCUT2D eigenvalue weighted by Crippen LogP contribution is -2.37. The Labute approximate surface area is 111 Å². The molecule has 1 aromatic rings. The number of thiocarbonyl (C=S) groups is 1. The molecule has 0 aliphatic carbocycles. The van der Waals surface area contributed by atoms with E-state index in [9.17, 15) is 4.79 Å². The zero-order chi connectivity index (χ0) is 13.5. The van der Waals surface area contributed by atoms with Gasteiger partial charge in [0.1, 0.15) is 4.99 Å². The van der Waals surface area contributed by atoms with Crippen LogP contribution in [0.1, 0.15) is 5.56 Å². The number of carbonyl (C=O) groups excluding carboxylic acids is 1. The number of urea groups is 1. The molecule has 2 amide bonds. The van der Waals surface area contributed by atoms with Gasteiger partial charge in [0.15, 0.2) is 5.82 Å². The van der Waals surface area contributed by atoms with E-state index >= 15 is 0 Å². The van der Waals surface area contributed by atoms with Gasteiger partial charge in [-0.3, -0.25) is 0 Å². The summed E-state index contributed by atoms with van der Waals surface area (Å²) in [6.07, 6.45) is 1.52. The van der Waals surface area contributed by atoms with E-state index in [0.717, 1.165) is 0 Å². The van der Waals surface area contributed by atoms with Crippen LogP contribution in [0.2, 0.25) is 0 Å². The SMILES string of the molecule is CN(C)C(=O)NCCNc1nnccc1C(N)=S. The van der Waals surface area contributed by atoms with E-state index in [0.29, 0.717) is 24.5 Å². The van der Waals surface area contributed by atoms with Crippen molar-refractivity contribution in [2.45, 2.75) is 0 Å². The molecule has 98 valence electrons. The molecular weight excluding hydrogens is 252 g/mol. The maximum atomic E-state index is 11.2. The van der Waals surface area contributed by atoms with Crippen LogP contribution in [0.4, 0.5) is 10.6 Å². The Morgan fingerprint density at radius 2 is 2.22 bits per heavy atom. The van der Waals surface area contributed by atoms with Gasteiger partial charge in [0.25, 0.3) is 0 Å². The van der Waals surface area contributed by atoms with Crippen molar-refractivity contribution in [3.63, 3.8) is 0 Å². The molecule has 0 aliphatic rings. The summed E-state index contributed by atoms with van der Waals surface area (Å²) < 4.78 is 0. The minimum absolute atomic E-state index is 0.148. The molecule has 0 fully saturated rings. The lowest BCUT2D eigenvalue weighted by molar-refractivity contribution is 0.218. The summed E-state index contributed by atoms with van der Waals surface area (Å²) in [7, 11) is 3.35. The van der Waals surface area contributed by atoms with Gasteiger partial charge in [0.2, 0.25) is 0 Å². The first-order valence-corrected chi connectivity index (χ1v) is 5.73. The third-order valence-corrected chi connectivity index (χ3v) is 2.31. The zero-order valence-corrected chi connectivity index (χ0v) is 11.1. The van der Waals surface area contributed by atoms with Crippen LogP contribution in [0.25, 0.3) is 0 Å². The van der Waals surface area contributed by atoms with Crippen molar-refractivity contribution >= 4 is 29.1 Å². The van der Waals surface area contributed by atoms with E-state index in [1.807, 2.05) is 0 Å². The van der Waals surface area contributed by atoms with E-state index in [4.69, 9.17) is 18.0 Å². The largest absolute Gasteiger partial charge is 0.389 e. The fourth-order valence-electron chi connectivity index (χ4n) is 1.17. The summed E-state index contributed by atoms with van der Waals surface area (Å²) in [5.74, 6) is 0.518. The first kappa shape index (κ1) is 14.1. The Kier molecular flexibility index (Phi) is 5.25. The van der Waals surface area contributed by atoms with E-state index < -0.39 is 0 Å². The van der Waals surface area contributed by atoms with Gasteiger partial charge in [-0.05, 0) is 6.07 Å². The number of aromatic nitrogens is 2. The van der Waals surface area contributed by atoms with Crippen LogP contribution < -0.4 is 16.4 Å². The molecule has 1 heterocycles. The smallest absolute Gasteiger partial charge is 0.316 e. The highest BCUT2D eigenvalue weighted by atomic mass is 32.1. The van der Waals surface area contributed by atoms with Gasteiger partial charge >= 0.3 is 6.03 Å². The monoisotopic (exact) mass is 268 g/mol. The molecule has 0 saturated carbocycles. The molecule has 0 radical (unpaired) electrons. The molecule has 4 N–H and O–H groups in total. The first-order valence-electron chi connectivity index (χ1n) is 5.33. The second-order valence-electron chi connectivity index (χ2n) is 3.71. The van der Waals surface area contributed by atoms with Crippen LogP contribution in [-0.2, 0) is 0 Å². The third kappa shape index (κ3) is 4.13. The predicted molar refractivity (Wildman–Crippen MR) is 73.5 cm³/mol. The van der Waals surface area contributed by atoms with E-state index in [-0.39, 0.29) is 11.0 Å². The molecule has 0 saturated heterocycles. The van der Waals surface area contributed by atoms with Crippen molar-refractivity contribution in [3.05, 3.63) is 17.8 Å². The number of nitrogens with one attached hydrogen (secondary N) is 2. The lowest BCUT2D eigenvalue weighted by atomic mass is 10.3. The molecule has 8 heteroatoms. The van der Waals surface area contributed by atoms with Crippen LogP contribution in [0.5, 0.6) is 0 Å². The highest BCUT2D eigenvalue weighted by molar-refractivity contribution is 7.80. The summed E-state index contributed by atoms with van der Waals surface area (Å²) in [6.45, 7) is 0.970. The molecule has 0 atom stereocenters. The number of carbonyl (C=O) groups is 1. The topological polar surface area (TPSA) is 96.2 Å². The van der Waals surface area contributed by atoms with Crippen LogP contribution in [0.3, 0.4) is 0 Å². The molecule has 0 bridgehead atoms. The van der Waals surface area contributed by atoms with Gasteiger partial charge in [-0.25, -0.2) is 4.79 Å². The fraction of sp³-hybridized carbons (Fsp3) is 0.400.